The lowest BCUT2D eigenvalue weighted by Gasteiger charge is -2.21. The van der Waals surface area contributed by atoms with Gasteiger partial charge >= 0.3 is 6.18 Å². The molecule has 19 heavy (non-hydrogen) atoms. The highest BCUT2D eigenvalue weighted by Crippen LogP contribution is 2.25. The van der Waals surface area contributed by atoms with E-state index in [1.807, 2.05) is 0 Å². The maximum absolute atomic E-state index is 12.3. The van der Waals surface area contributed by atoms with Gasteiger partial charge in [-0.2, -0.15) is 13.2 Å². The number of carbonyl (C=O) groups excluding carboxylic acids is 1. The van der Waals surface area contributed by atoms with Gasteiger partial charge in [0.2, 0.25) is 5.91 Å². The highest BCUT2D eigenvalue weighted by atomic mass is 19.4. The van der Waals surface area contributed by atoms with Crippen molar-refractivity contribution in [3.63, 3.8) is 0 Å². The zero-order valence-electron chi connectivity index (χ0n) is 10.0. The van der Waals surface area contributed by atoms with Crippen molar-refractivity contribution in [1.29, 1.82) is 0 Å². The minimum atomic E-state index is -4.58. The third-order valence-corrected chi connectivity index (χ3v) is 2.88. The lowest BCUT2D eigenvalue weighted by molar-refractivity contribution is -0.144. The van der Waals surface area contributed by atoms with Crippen LogP contribution in [0.25, 0.3) is 0 Å². The molecule has 0 aliphatic carbocycles. The molecule has 2 heterocycles. The molecular formula is C10H14F3N5O. The summed E-state index contributed by atoms with van der Waals surface area (Å²) in [5.41, 5.74) is 0. The fourth-order valence-corrected chi connectivity index (χ4v) is 1.89. The smallest absolute Gasteiger partial charge is 0.349 e. The number of piperidine rings is 1. The first-order chi connectivity index (χ1) is 8.97. The van der Waals surface area contributed by atoms with Crippen LogP contribution in [-0.2, 0) is 17.5 Å². The SMILES string of the molecule is O=C(NCc1nc(C(F)(F)F)n[nH]1)[C@H]1CCCNC1. The Kier molecular flexibility index (Phi) is 4.03. The molecule has 2 rings (SSSR count). The maximum Gasteiger partial charge on any atom is 0.453 e. The lowest BCUT2D eigenvalue weighted by Crippen LogP contribution is -2.40. The first-order valence-corrected chi connectivity index (χ1v) is 5.93. The molecule has 0 bridgehead atoms. The van der Waals surface area contributed by atoms with Crippen molar-refractivity contribution in [3.05, 3.63) is 11.6 Å². The van der Waals surface area contributed by atoms with E-state index in [-0.39, 0.29) is 24.2 Å². The predicted octanol–water partition coefficient (Wildman–Crippen LogP) is 0.439. The largest absolute Gasteiger partial charge is 0.453 e. The number of hydrogen-bond acceptors (Lipinski definition) is 4. The third kappa shape index (κ3) is 3.66. The van der Waals surface area contributed by atoms with Gasteiger partial charge in [0.1, 0.15) is 5.82 Å². The average Bonchev–Trinajstić information content (AvgIpc) is 2.86. The summed E-state index contributed by atoms with van der Waals surface area (Å²) in [6, 6.07) is 0. The Balaban J connectivity index is 1.85. The Morgan fingerprint density at radius 3 is 2.84 bits per heavy atom. The molecule has 1 amide bonds. The Labute approximate surface area is 107 Å². The van der Waals surface area contributed by atoms with Crippen LogP contribution in [0.4, 0.5) is 13.2 Å². The number of H-pyrrole nitrogens is 1. The molecule has 1 fully saturated rings. The summed E-state index contributed by atoms with van der Waals surface area (Å²) < 4.78 is 36.8. The van der Waals surface area contributed by atoms with Gasteiger partial charge in [0.05, 0.1) is 12.5 Å². The van der Waals surface area contributed by atoms with Crippen molar-refractivity contribution < 1.29 is 18.0 Å². The minimum absolute atomic E-state index is 0.00977. The van der Waals surface area contributed by atoms with E-state index in [0.29, 0.717) is 6.54 Å². The van der Waals surface area contributed by atoms with E-state index in [1.54, 1.807) is 0 Å². The van der Waals surface area contributed by atoms with Crippen LogP contribution in [0.1, 0.15) is 24.5 Å². The minimum Gasteiger partial charge on any atom is -0.349 e. The van der Waals surface area contributed by atoms with Gasteiger partial charge in [0.25, 0.3) is 5.82 Å². The molecule has 106 valence electrons. The van der Waals surface area contributed by atoms with Gasteiger partial charge < -0.3 is 10.6 Å². The first-order valence-electron chi connectivity index (χ1n) is 5.93. The van der Waals surface area contributed by atoms with Gasteiger partial charge in [-0.05, 0) is 19.4 Å². The molecule has 1 atom stereocenters. The highest BCUT2D eigenvalue weighted by Gasteiger charge is 2.36. The number of carbonyl (C=O) groups is 1. The lowest BCUT2D eigenvalue weighted by atomic mass is 9.99. The van der Waals surface area contributed by atoms with E-state index >= 15 is 0 Å². The van der Waals surface area contributed by atoms with E-state index in [1.165, 1.54) is 0 Å². The quantitative estimate of drug-likeness (QED) is 0.748. The topological polar surface area (TPSA) is 82.7 Å². The van der Waals surface area contributed by atoms with E-state index in [2.05, 4.69) is 25.8 Å². The highest BCUT2D eigenvalue weighted by molar-refractivity contribution is 5.78. The summed E-state index contributed by atoms with van der Waals surface area (Å²) in [4.78, 5) is 15.0. The molecule has 1 aromatic heterocycles. The standard InChI is InChI=1S/C10H14F3N5O/c11-10(12,13)9-16-7(17-18-9)5-15-8(19)6-2-1-3-14-4-6/h6,14H,1-5H2,(H,15,19)(H,16,17,18)/t6-/m0/s1. The van der Waals surface area contributed by atoms with Gasteiger partial charge in [0, 0.05) is 6.54 Å². The average molecular weight is 277 g/mol. The summed E-state index contributed by atoms with van der Waals surface area (Å²) in [6.45, 7) is 1.40. The Morgan fingerprint density at radius 1 is 1.47 bits per heavy atom. The number of nitrogens with one attached hydrogen (secondary N) is 3. The second-order valence-corrected chi connectivity index (χ2v) is 4.36. The van der Waals surface area contributed by atoms with Gasteiger partial charge in [0.15, 0.2) is 0 Å². The number of amides is 1. The zero-order valence-corrected chi connectivity index (χ0v) is 10.0. The Bertz CT molecular complexity index is 439. The Morgan fingerprint density at radius 2 is 2.26 bits per heavy atom. The fourth-order valence-electron chi connectivity index (χ4n) is 1.89. The number of alkyl halides is 3. The van der Waals surface area contributed by atoms with Crippen LogP contribution in [0.3, 0.4) is 0 Å². The second-order valence-electron chi connectivity index (χ2n) is 4.36. The number of aromatic nitrogens is 3. The molecule has 9 heteroatoms. The van der Waals surface area contributed by atoms with Crippen molar-refractivity contribution in [2.75, 3.05) is 13.1 Å². The normalized spacial score (nSPS) is 20.3. The zero-order chi connectivity index (χ0) is 13.9. The molecular weight excluding hydrogens is 263 g/mol. The van der Waals surface area contributed by atoms with Crippen molar-refractivity contribution >= 4 is 5.91 Å². The van der Waals surface area contributed by atoms with E-state index in [0.717, 1.165) is 19.4 Å². The predicted molar refractivity (Wildman–Crippen MR) is 58.8 cm³/mol. The van der Waals surface area contributed by atoms with Crippen molar-refractivity contribution in [2.24, 2.45) is 5.92 Å². The number of rotatable bonds is 3. The second kappa shape index (κ2) is 5.55. The van der Waals surface area contributed by atoms with Crippen LogP contribution >= 0.6 is 0 Å². The van der Waals surface area contributed by atoms with E-state index < -0.39 is 12.0 Å². The number of hydrogen-bond donors (Lipinski definition) is 3. The number of aromatic amines is 1. The summed E-state index contributed by atoms with van der Waals surface area (Å²) >= 11 is 0. The van der Waals surface area contributed by atoms with Crippen molar-refractivity contribution in [3.8, 4) is 0 Å². The van der Waals surface area contributed by atoms with Crippen LogP contribution in [0, 0.1) is 5.92 Å². The van der Waals surface area contributed by atoms with Gasteiger partial charge in [-0.15, -0.1) is 5.10 Å². The molecule has 0 saturated carbocycles. The van der Waals surface area contributed by atoms with Gasteiger partial charge in [-0.3, -0.25) is 9.89 Å². The molecule has 0 spiro atoms. The van der Waals surface area contributed by atoms with Crippen molar-refractivity contribution in [2.45, 2.75) is 25.6 Å². The summed E-state index contributed by atoms with van der Waals surface area (Å²) in [5.74, 6) is -1.56. The molecule has 1 aromatic rings. The first kappa shape index (κ1) is 13.8. The van der Waals surface area contributed by atoms with Crippen LogP contribution in [0.5, 0.6) is 0 Å². The molecule has 0 aromatic carbocycles. The van der Waals surface area contributed by atoms with E-state index in [9.17, 15) is 18.0 Å². The molecule has 1 aliphatic rings. The molecule has 0 unspecified atom stereocenters. The number of nitrogens with zero attached hydrogens (tertiary/aromatic N) is 2. The van der Waals surface area contributed by atoms with Crippen molar-refractivity contribution in [1.82, 2.24) is 25.8 Å². The molecule has 6 nitrogen and oxygen atoms in total. The summed E-state index contributed by atoms with van der Waals surface area (Å²) in [7, 11) is 0. The monoisotopic (exact) mass is 277 g/mol. The molecule has 1 saturated heterocycles. The third-order valence-electron chi connectivity index (χ3n) is 2.88. The molecule has 0 radical (unpaired) electrons. The van der Waals surface area contributed by atoms with Gasteiger partial charge in [-0.1, -0.05) is 0 Å². The van der Waals surface area contributed by atoms with Crippen LogP contribution in [0.2, 0.25) is 0 Å². The van der Waals surface area contributed by atoms with Crippen LogP contribution in [-0.4, -0.2) is 34.2 Å². The Hall–Kier alpha value is -1.64. The molecule has 3 N–H and O–H groups in total. The number of halogens is 3. The van der Waals surface area contributed by atoms with E-state index in [4.69, 9.17) is 0 Å². The van der Waals surface area contributed by atoms with Crippen LogP contribution < -0.4 is 10.6 Å². The summed E-state index contributed by atoms with van der Waals surface area (Å²) in [6.07, 6.45) is -2.88. The van der Waals surface area contributed by atoms with Crippen LogP contribution in [0.15, 0.2) is 0 Å². The van der Waals surface area contributed by atoms with Gasteiger partial charge in [-0.25, -0.2) is 4.98 Å². The molecule has 1 aliphatic heterocycles. The summed E-state index contributed by atoms with van der Waals surface area (Å²) in [5, 5.41) is 10.9. The maximum atomic E-state index is 12.3. The fraction of sp³-hybridized carbons (Fsp3) is 0.700.